The van der Waals surface area contributed by atoms with Crippen LogP contribution in [0.25, 0.3) is 0 Å². The van der Waals surface area contributed by atoms with Gasteiger partial charge in [0.1, 0.15) is 0 Å². The van der Waals surface area contributed by atoms with Crippen molar-refractivity contribution < 1.29 is 14.3 Å². The van der Waals surface area contributed by atoms with Gasteiger partial charge < -0.3 is 14.5 Å². The molecule has 0 radical (unpaired) electrons. The lowest BCUT2D eigenvalue weighted by molar-refractivity contribution is -0.141. The van der Waals surface area contributed by atoms with Crippen LogP contribution in [0.4, 0.5) is 0 Å². The van der Waals surface area contributed by atoms with Crippen molar-refractivity contribution in [3.8, 4) is 0 Å². The molecule has 0 aliphatic carbocycles. The second-order valence-corrected chi connectivity index (χ2v) is 6.91. The number of amides is 2. The van der Waals surface area contributed by atoms with E-state index in [4.69, 9.17) is 27.9 Å². The maximum atomic E-state index is 12.8. The molecule has 2 heterocycles. The number of carbonyl (C=O) groups is 2. The standard InChI is InChI=1S/C17H20Cl2N2O3/c18-14-5-1-4-13(15(14)19)17(23)21-6-2-3-12(11-21)16(22)20-7-9-24-10-8-20/h1,4-5,12H,2-3,6-11H2. The first-order valence-electron chi connectivity index (χ1n) is 8.17. The Hall–Kier alpha value is -1.30. The molecule has 0 spiro atoms. The van der Waals surface area contributed by atoms with Gasteiger partial charge in [0.25, 0.3) is 5.91 Å². The first-order valence-corrected chi connectivity index (χ1v) is 8.93. The quantitative estimate of drug-likeness (QED) is 0.803. The van der Waals surface area contributed by atoms with Gasteiger partial charge in [-0.25, -0.2) is 0 Å². The number of likely N-dealkylation sites (tertiary alicyclic amines) is 1. The van der Waals surface area contributed by atoms with Crippen LogP contribution in [0.2, 0.25) is 10.0 Å². The summed E-state index contributed by atoms with van der Waals surface area (Å²) in [6.07, 6.45) is 1.62. The Bertz CT molecular complexity index is 632. The molecule has 2 amide bonds. The van der Waals surface area contributed by atoms with Crippen molar-refractivity contribution in [1.29, 1.82) is 0 Å². The largest absolute Gasteiger partial charge is 0.378 e. The first-order chi connectivity index (χ1) is 11.6. The Labute approximate surface area is 151 Å². The normalized spacial score (nSPS) is 21.7. The van der Waals surface area contributed by atoms with Crippen LogP contribution in [0, 0.1) is 5.92 Å². The van der Waals surface area contributed by atoms with E-state index in [-0.39, 0.29) is 22.8 Å². The van der Waals surface area contributed by atoms with E-state index < -0.39 is 0 Å². The zero-order valence-corrected chi connectivity index (χ0v) is 14.9. The lowest BCUT2D eigenvalue weighted by atomic mass is 9.95. The number of halogens is 2. The summed E-state index contributed by atoms with van der Waals surface area (Å²) in [5, 5.41) is 0.631. The zero-order chi connectivity index (χ0) is 17.1. The number of benzene rings is 1. The minimum absolute atomic E-state index is 0.119. The molecule has 0 aromatic heterocycles. The maximum Gasteiger partial charge on any atom is 0.255 e. The molecule has 7 heteroatoms. The van der Waals surface area contributed by atoms with Crippen LogP contribution in [0.1, 0.15) is 23.2 Å². The summed E-state index contributed by atoms with van der Waals surface area (Å²) in [6.45, 7) is 3.48. The van der Waals surface area contributed by atoms with E-state index in [1.165, 1.54) is 0 Å². The smallest absolute Gasteiger partial charge is 0.255 e. The molecule has 2 fully saturated rings. The highest BCUT2D eigenvalue weighted by atomic mass is 35.5. The molecule has 1 aromatic rings. The van der Waals surface area contributed by atoms with Crippen LogP contribution >= 0.6 is 23.2 Å². The van der Waals surface area contributed by atoms with Crippen LogP contribution in [0.5, 0.6) is 0 Å². The van der Waals surface area contributed by atoms with Gasteiger partial charge in [0, 0.05) is 26.2 Å². The molecule has 1 aromatic carbocycles. The number of hydrogen-bond acceptors (Lipinski definition) is 3. The molecule has 1 atom stereocenters. The average Bonchev–Trinajstić information content (AvgIpc) is 2.63. The lowest BCUT2D eigenvalue weighted by Crippen LogP contribution is -2.49. The molecule has 0 N–H and O–H groups in total. The van der Waals surface area contributed by atoms with E-state index in [1.807, 2.05) is 4.90 Å². The molecule has 130 valence electrons. The number of carbonyl (C=O) groups excluding carboxylic acids is 2. The van der Waals surface area contributed by atoms with Crippen molar-refractivity contribution in [2.45, 2.75) is 12.8 Å². The third-order valence-electron chi connectivity index (χ3n) is 4.56. The van der Waals surface area contributed by atoms with Gasteiger partial charge in [-0.2, -0.15) is 0 Å². The summed E-state index contributed by atoms with van der Waals surface area (Å²) >= 11 is 12.2. The van der Waals surface area contributed by atoms with Crippen LogP contribution in [0.15, 0.2) is 18.2 Å². The van der Waals surface area contributed by atoms with Crippen molar-refractivity contribution in [1.82, 2.24) is 9.80 Å². The fraction of sp³-hybridized carbons (Fsp3) is 0.529. The summed E-state index contributed by atoms with van der Waals surface area (Å²) in [4.78, 5) is 29.0. The van der Waals surface area contributed by atoms with Gasteiger partial charge in [-0.05, 0) is 25.0 Å². The van der Waals surface area contributed by atoms with E-state index in [9.17, 15) is 9.59 Å². The molecule has 5 nitrogen and oxygen atoms in total. The van der Waals surface area contributed by atoms with Crippen LogP contribution in [-0.4, -0.2) is 61.0 Å². The maximum absolute atomic E-state index is 12.8. The summed E-state index contributed by atoms with van der Waals surface area (Å²) in [5.41, 5.74) is 0.392. The van der Waals surface area contributed by atoms with Gasteiger partial charge >= 0.3 is 0 Å². The molecule has 2 aliphatic heterocycles. The minimum Gasteiger partial charge on any atom is -0.378 e. The number of ether oxygens (including phenoxy) is 1. The van der Waals surface area contributed by atoms with Crippen LogP contribution in [0.3, 0.4) is 0 Å². The molecule has 0 bridgehead atoms. The van der Waals surface area contributed by atoms with Crippen LogP contribution in [-0.2, 0) is 9.53 Å². The van der Waals surface area contributed by atoms with Crippen molar-refractivity contribution in [3.63, 3.8) is 0 Å². The molecular formula is C17H20Cl2N2O3. The fourth-order valence-electron chi connectivity index (χ4n) is 3.24. The third-order valence-corrected chi connectivity index (χ3v) is 5.38. The summed E-state index contributed by atoms with van der Waals surface area (Å²) < 4.78 is 5.29. The highest BCUT2D eigenvalue weighted by molar-refractivity contribution is 6.43. The molecule has 24 heavy (non-hydrogen) atoms. The fourth-order valence-corrected chi connectivity index (χ4v) is 3.63. The second-order valence-electron chi connectivity index (χ2n) is 6.13. The Morgan fingerprint density at radius 1 is 1.08 bits per heavy atom. The topological polar surface area (TPSA) is 49.9 Å². The summed E-state index contributed by atoms with van der Waals surface area (Å²) in [6, 6.07) is 5.04. The highest BCUT2D eigenvalue weighted by Crippen LogP contribution is 2.28. The van der Waals surface area contributed by atoms with E-state index in [2.05, 4.69) is 0 Å². The number of hydrogen-bond donors (Lipinski definition) is 0. The highest BCUT2D eigenvalue weighted by Gasteiger charge is 2.32. The van der Waals surface area contributed by atoms with Gasteiger partial charge in [0.05, 0.1) is 34.7 Å². The van der Waals surface area contributed by atoms with Crippen molar-refractivity contribution >= 4 is 35.0 Å². The Morgan fingerprint density at radius 2 is 1.83 bits per heavy atom. The van der Waals surface area contributed by atoms with Gasteiger partial charge in [0.2, 0.25) is 5.91 Å². The number of rotatable bonds is 2. The second kappa shape index (κ2) is 7.72. The average molecular weight is 371 g/mol. The number of nitrogens with zero attached hydrogens (tertiary/aromatic N) is 2. The third kappa shape index (κ3) is 3.68. The van der Waals surface area contributed by atoms with E-state index in [0.717, 1.165) is 12.8 Å². The minimum atomic E-state index is -0.165. The van der Waals surface area contributed by atoms with Gasteiger partial charge in [-0.1, -0.05) is 29.3 Å². The molecule has 2 saturated heterocycles. The molecule has 3 rings (SSSR count). The Balaban J connectivity index is 1.69. The molecule has 2 aliphatic rings. The van der Waals surface area contributed by atoms with Crippen molar-refractivity contribution in [3.05, 3.63) is 33.8 Å². The van der Waals surface area contributed by atoms with Crippen molar-refractivity contribution in [2.75, 3.05) is 39.4 Å². The zero-order valence-electron chi connectivity index (χ0n) is 13.3. The van der Waals surface area contributed by atoms with Gasteiger partial charge in [-0.3, -0.25) is 9.59 Å². The molecule has 1 unspecified atom stereocenters. The summed E-state index contributed by atoms with van der Waals surface area (Å²) in [7, 11) is 0. The molecule has 0 saturated carbocycles. The van der Waals surface area contributed by atoms with Gasteiger partial charge in [0.15, 0.2) is 0 Å². The predicted molar refractivity (Wildman–Crippen MR) is 92.5 cm³/mol. The SMILES string of the molecule is O=C(c1cccc(Cl)c1Cl)N1CCCC(C(=O)N2CCOCC2)C1. The summed E-state index contributed by atoms with van der Waals surface area (Å²) in [5.74, 6) is -0.200. The monoisotopic (exact) mass is 370 g/mol. The molecular weight excluding hydrogens is 351 g/mol. The van der Waals surface area contributed by atoms with Crippen molar-refractivity contribution in [2.24, 2.45) is 5.92 Å². The van der Waals surface area contributed by atoms with E-state index in [1.54, 1.807) is 23.1 Å². The van der Waals surface area contributed by atoms with Crippen LogP contribution < -0.4 is 0 Å². The predicted octanol–water partition coefficient (Wildman–Crippen LogP) is 2.70. The van der Waals surface area contributed by atoms with E-state index >= 15 is 0 Å². The van der Waals surface area contributed by atoms with Gasteiger partial charge in [-0.15, -0.1) is 0 Å². The first kappa shape index (κ1) is 17.5. The Morgan fingerprint density at radius 3 is 2.58 bits per heavy atom. The lowest BCUT2D eigenvalue weighted by Gasteiger charge is -2.36. The van der Waals surface area contributed by atoms with E-state index in [0.29, 0.717) is 50.0 Å². The number of piperidine rings is 1. The Kier molecular flexibility index (Phi) is 5.64. The number of morpholine rings is 1.